The van der Waals surface area contributed by atoms with Crippen molar-refractivity contribution in [2.24, 2.45) is 22.7 Å². The molecule has 0 aromatic rings. The van der Waals surface area contributed by atoms with Crippen LogP contribution in [-0.2, 0) is 0 Å². The van der Waals surface area contributed by atoms with Crippen LogP contribution in [0.25, 0.3) is 0 Å². The zero-order chi connectivity index (χ0) is 17.5. The first-order valence-electron chi connectivity index (χ1n) is 9.23. The normalized spacial score (nSPS) is 41.6. The van der Waals surface area contributed by atoms with Gasteiger partial charge in [-0.25, -0.2) is 0 Å². The minimum absolute atomic E-state index is 0.0730. The van der Waals surface area contributed by atoms with Gasteiger partial charge in [-0.2, -0.15) is 0 Å². The van der Waals surface area contributed by atoms with Crippen molar-refractivity contribution in [3.05, 3.63) is 23.3 Å². The fourth-order valence-corrected chi connectivity index (χ4v) is 6.18. The Morgan fingerprint density at radius 3 is 2.35 bits per heavy atom. The zero-order valence-corrected chi connectivity index (χ0v) is 15.9. The van der Waals surface area contributed by atoms with Crippen LogP contribution in [0.2, 0.25) is 0 Å². The molecule has 2 heteroatoms. The standard InChI is InChI=1S/C21H36O2/c1-15(9-13-22)14-16(2)18-20(5)11-7-10-19(3,4)17(20)8-12-21(18,6)23/h9,14,17-18,22-23H,7-8,10-13H2,1-6H3/b15-9+,16-14+/t17-,18+,20-,21+/m0/s1. The smallest absolute Gasteiger partial charge is 0.0690 e. The summed E-state index contributed by atoms with van der Waals surface area (Å²) in [5.41, 5.74) is 2.23. The molecule has 2 fully saturated rings. The van der Waals surface area contributed by atoms with Gasteiger partial charge in [-0.1, -0.05) is 50.5 Å². The molecule has 0 heterocycles. The maximum absolute atomic E-state index is 11.2. The quantitative estimate of drug-likeness (QED) is 0.729. The minimum Gasteiger partial charge on any atom is -0.392 e. The summed E-state index contributed by atoms with van der Waals surface area (Å²) in [5.74, 6) is 0.856. The highest BCUT2D eigenvalue weighted by Crippen LogP contribution is 2.63. The van der Waals surface area contributed by atoms with Crippen LogP contribution in [0.3, 0.4) is 0 Å². The van der Waals surface area contributed by atoms with Crippen LogP contribution in [0.5, 0.6) is 0 Å². The number of hydrogen-bond donors (Lipinski definition) is 2. The molecular weight excluding hydrogens is 284 g/mol. The van der Waals surface area contributed by atoms with Crippen LogP contribution in [0.1, 0.15) is 73.6 Å². The number of aliphatic hydroxyl groups excluding tert-OH is 1. The Labute approximate surface area is 142 Å². The summed E-state index contributed by atoms with van der Waals surface area (Å²) >= 11 is 0. The van der Waals surface area contributed by atoms with Gasteiger partial charge >= 0.3 is 0 Å². The number of fused-ring (bicyclic) bond motifs is 1. The Balaban J connectivity index is 2.46. The highest BCUT2D eigenvalue weighted by atomic mass is 16.3. The van der Waals surface area contributed by atoms with Crippen LogP contribution in [0.15, 0.2) is 23.3 Å². The van der Waals surface area contributed by atoms with E-state index >= 15 is 0 Å². The highest BCUT2D eigenvalue weighted by Gasteiger charge is 2.58. The third-order valence-electron chi connectivity index (χ3n) is 6.82. The maximum atomic E-state index is 11.2. The van der Waals surface area contributed by atoms with Crippen LogP contribution in [0.4, 0.5) is 0 Å². The summed E-state index contributed by atoms with van der Waals surface area (Å²) in [6.45, 7) is 13.6. The topological polar surface area (TPSA) is 40.5 Å². The molecule has 23 heavy (non-hydrogen) atoms. The molecule has 0 aromatic carbocycles. The van der Waals surface area contributed by atoms with Gasteiger partial charge in [0.2, 0.25) is 0 Å². The second kappa shape index (κ2) is 6.37. The molecule has 2 N–H and O–H groups in total. The minimum atomic E-state index is -0.640. The van der Waals surface area contributed by atoms with E-state index in [1.165, 1.54) is 24.8 Å². The highest BCUT2D eigenvalue weighted by molar-refractivity contribution is 5.27. The van der Waals surface area contributed by atoms with Crippen molar-refractivity contribution in [2.75, 3.05) is 6.61 Å². The van der Waals surface area contributed by atoms with E-state index in [1.807, 2.05) is 19.9 Å². The Hall–Kier alpha value is -0.600. The van der Waals surface area contributed by atoms with Crippen LogP contribution >= 0.6 is 0 Å². The summed E-state index contributed by atoms with van der Waals surface area (Å²) in [6, 6.07) is 0. The largest absolute Gasteiger partial charge is 0.392 e. The number of hydrogen-bond acceptors (Lipinski definition) is 2. The molecule has 0 aliphatic heterocycles. The predicted molar refractivity (Wildman–Crippen MR) is 97.2 cm³/mol. The summed E-state index contributed by atoms with van der Waals surface area (Å²) < 4.78 is 0. The van der Waals surface area contributed by atoms with Crippen molar-refractivity contribution in [1.29, 1.82) is 0 Å². The van der Waals surface area contributed by atoms with Crippen molar-refractivity contribution in [2.45, 2.75) is 79.2 Å². The van der Waals surface area contributed by atoms with E-state index < -0.39 is 5.60 Å². The monoisotopic (exact) mass is 320 g/mol. The van der Waals surface area contributed by atoms with Gasteiger partial charge in [0, 0.05) is 5.92 Å². The summed E-state index contributed by atoms with van der Waals surface area (Å²) in [5, 5.41) is 20.3. The number of allylic oxidation sites excluding steroid dienone is 2. The summed E-state index contributed by atoms with van der Waals surface area (Å²) in [6.07, 6.45) is 9.78. The van der Waals surface area contributed by atoms with Crippen molar-refractivity contribution < 1.29 is 10.2 Å². The zero-order valence-electron chi connectivity index (χ0n) is 15.9. The third kappa shape index (κ3) is 3.44. The third-order valence-corrected chi connectivity index (χ3v) is 6.82. The molecule has 2 aliphatic carbocycles. The molecule has 2 rings (SSSR count). The lowest BCUT2D eigenvalue weighted by Gasteiger charge is -2.61. The van der Waals surface area contributed by atoms with Crippen LogP contribution in [-0.4, -0.2) is 22.4 Å². The second-order valence-corrected chi connectivity index (χ2v) is 9.25. The van der Waals surface area contributed by atoms with E-state index in [0.717, 1.165) is 18.4 Å². The fourth-order valence-electron chi connectivity index (χ4n) is 6.18. The molecule has 0 spiro atoms. The van der Waals surface area contributed by atoms with Gasteiger partial charge in [0.25, 0.3) is 0 Å². The average Bonchev–Trinajstić information content (AvgIpc) is 2.35. The molecule has 0 saturated heterocycles. The number of rotatable bonds is 3. The van der Waals surface area contributed by atoms with Gasteiger partial charge in [0.05, 0.1) is 12.2 Å². The van der Waals surface area contributed by atoms with Crippen molar-refractivity contribution in [1.82, 2.24) is 0 Å². The van der Waals surface area contributed by atoms with Gasteiger partial charge in [-0.3, -0.25) is 0 Å². The van der Waals surface area contributed by atoms with Gasteiger partial charge in [-0.05, 0) is 63.2 Å². The van der Waals surface area contributed by atoms with Gasteiger partial charge in [0.15, 0.2) is 0 Å². The summed E-state index contributed by atoms with van der Waals surface area (Å²) in [7, 11) is 0. The van der Waals surface area contributed by atoms with E-state index in [1.54, 1.807) is 0 Å². The molecule has 132 valence electrons. The van der Waals surface area contributed by atoms with Crippen molar-refractivity contribution >= 4 is 0 Å². The van der Waals surface area contributed by atoms with Crippen molar-refractivity contribution in [3.8, 4) is 0 Å². The first kappa shape index (κ1) is 18.7. The first-order chi connectivity index (χ1) is 10.5. The molecule has 0 aromatic heterocycles. The van der Waals surface area contributed by atoms with Gasteiger partial charge in [-0.15, -0.1) is 0 Å². The molecule has 0 bridgehead atoms. The lowest BCUT2D eigenvalue weighted by molar-refractivity contribution is -0.153. The molecule has 4 atom stereocenters. The molecular formula is C21H36O2. The molecule has 0 unspecified atom stereocenters. The van der Waals surface area contributed by atoms with Crippen molar-refractivity contribution in [3.63, 3.8) is 0 Å². The average molecular weight is 321 g/mol. The van der Waals surface area contributed by atoms with Crippen LogP contribution in [0, 0.1) is 22.7 Å². The Bertz CT molecular complexity index is 498. The Kier molecular flexibility index (Phi) is 5.19. The number of aliphatic hydroxyl groups is 2. The SMILES string of the molecule is CC(=C\CO)/C=C(\C)[C@@H]1[C@@]2(C)CCCC(C)(C)[C@@H]2CC[C@@]1(C)O. The molecule has 2 saturated carbocycles. The lowest BCUT2D eigenvalue weighted by Crippen LogP contribution is -2.57. The van der Waals surface area contributed by atoms with Gasteiger partial charge < -0.3 is 10.2 Å². The Morgan fingerprint density at radius 1 is 1.09 bits per heavy atom. The predicted octanol–water partition coefficient (Wildman–Crippen LogP) is 4.86. The molecule has 0 radical (unpaired) electrons. The van der Waals surface area contributed by atoms with E-state index in [9.17, 15) is 5.11 Å². The lowest BCUT2D eigenvalue weighted by atomic mass is 9.44. The first-order valence-corrected chi connectivity index (χ1v) is 9.23. The maximum Gasteiger partial charge on any atom is 0.0690 e. The second-order valence-electron chi connectivity index (χ2n) is 9.25. The van der Waals surface area contributed by atoms with Crippen LogP contribution < -0.4 is 0 Å². The summed E-state index contributed by atoms with van der Waals surface area (Å²) in [4.78, 5) is 0. The fraction of sp³-hybridized carbons (Fsp3) is 0.810. The molecule has 0 amide bonds. The molecule has 2 nitrogen and oxygen atoms in total. The van der Waals surface area contributed by atoms with E-state index in [-0.39, 0.29) is 17.9 Å². The van der Waals surface area contributed by atoms with E-state index in [2.05, 4.69) is 33.8 Å². The Morgan fingerprint density at radius 2 is 1.74 bits per heavy atom. The van der Waals surface area contributed by atoms with E-state index in [0.29, 0.717) is 11.3 Å². The van der Waals surface area contributed by atoms with Gasteiger partial charge in [0.1, 0.15) is 0 Å². The van der Waals surface area contributed by atoms with E-state index in [4.69, 9.17) is 5.11 Å². The molecule has 2 aliphatic rings.